The molecular weight excluding hydrogens is 227 g/mol. The van der Waals surface area contributed by atoms with Crippen LogP contribution >= 0.6 is 7.14 Å². The van der Waals surface area contributed by atoms with E-state index in [9.17, 15) is 14.2 Å². The van der Waals surface area contributed by atoms with E-state index in [4.69, 9.17) is 0 Å². The highest BCUT2D eigenvalue weighted by atomic mass is 31.2. The maximum Gasteiger partial charge on any atom is 0.352 e. The Morgan fingerprint density at radius 2 is 1.75 bits per heavy atom. The van der Waals surface area contributed by atoms with E-state index in [1.165, 1.54) is 5.94 Å². The van der Waals surface area contributed by atoms with Crippen LogP contribution in [-0.4, -0.2) is 29.8 Å². The van der Waals surface area contributed by atoms with Gasteiger partial charge < -0.3 is 9.30 Å². The van der Waals surface area contributed by atoms with Gasteiger partial charge in [-0.1, -0.05) is 34.6 Å². The predicted molar refractivity (Wildman–Crippen MR) is 63.7 cm³/mol. The van der Waals surface area contributed by atoms with Crippen LogP contribution in [0.3, 0.4) is 0 Å². The monoisotopic (exact) mass is 246 g/mol. The Kier molecular flexibility index (Phi) is 4.72. The summed E-state index contributed by atoms with van der Waals surface area (Å²) >= 11 is 0. The summed E-state index contributed by atoms with van der Waals surface area (Å²) in [6.07, 6.45) is 0. The zero-order chi connectivity index (χ0) is 13.1. The lowest BCUT2D eigenvalue weighted by atomic mass is 10.3. The van der Waals surface area contributed by atoms with E-state index in [0.29, 0.717) is 0 Å². The second-order valence-electron chi connectivity index (χ2n) is 4.86. The lowest BCUT2D eigenvalue weighted by Crippen LogP contribution is -2.25. The van der Waals surface area contributed by atoms with E-state index in [1.807, 2.05) is 0 Å². The molecule has 1 unspecified atom stereocenters. The predicted octanol–water partition coefficient (Wildman–Crippen LogP) is 2.44. The molecule has 0 spiro atoms. The first-order valence-electron chi connectivity index (χ1n) is 5.06. The summed E-state index contributed by atoms with van der Waals surface area (Å²) in [5.41, 5.74) is -0.303. The van der Waals surface area contributed by atoms with Crippen molar-refractivity contribution in [3.63, 3.8) is 0 Å². The Bertz CT molecular complexity index is 370. The van der Waals surface area contributed by atoms with Gasteiger partial charge >= 0.3 is 5.97 Å². The molecule has 92 valence electrons. The molecule has 4 nitrogen and oxygen atoms in total. The number of hydrogen-bond donors (Lipinski definition) is 0. The van der Waals surface area contributed by atoms with Gasteiger partial charge in [-0.2, -0.15) is 0 Å². The summed E-state index contributed by atoms with van der Waals surface area (Å²) in [7, 11) is -1.98. The molecule has 0 bridgehead atoms. The van der Waals surface area contributed by atoms with Crippen LogP contribution in [-0.2, 0) is 18.9 Å². The van der Waals surface area contributed by atoms with Gasteiger partial charge in [-0.25, -0.2) is 9.59 Å². The van der Waals surface area contributed by atoms with Crippen molar-refractivity contribution in [1.82, 2.24) is 0 Å². The summed E-state index contributed by atoms with van der Waals surface area (Å²) in [5.74, 6) is 0.665. The summed E-state index contributed by atoms with van der Waals surface area (Å²) in [6.45, 7) is 8.69. The van der Waals surface area contributed by atoms with Crippen molar-refractivity contribution in [2.75, 3.05) is 7.11 Å². The topological polar surface area (TPSA) is 60.4 Å². The molecule has 0 saturated heterocycles. The molecule has 0 fully saturated rings. The minimum Gasteiger partial charge on any atom is -0.465 e. The van der Waals surface area contributed by atoms with Crippen molar-refractivity contribution >= 4 is 19.1 Å². The largest absolute Gasteiger partial charge is 0.465 e. The van der Waals surface area contributed by atoms with Gasteiger partial charge in [0.25, 0.3) is 0 Å². The Hall–Kier alpha value is -0.850. The Balaban J connectivity index is 5.84. The third-order valence-electron chi connectivity index (χ3n) is 2.53. The van der Waals surface area contributed by atoms with E-state index in [1.54, 1.807) is 34.6 Å². The molecule has 0 aliphatic rings. The molecule has 0 aromatic carbocycles. The number of ether oxygens (including phenoxy) is 1. The second kappa shape index (κ2) is 4.99. The molecule has 16 heavy (non-hydrogen) atoms. The molecule has 0 aliphatic carbocycles. The third kappa shape index (κ3) is 2.45. The minimum absolute atomic E-state index is 0.303. The van der Waals surface area contributed by atoms with Gasteiger partial charge in [0, 0.05) is 10.8 Å². The number of esters is 1. The molecule has 0 saturated carbocycles. The van der Waals surface area contributed by atoms with Gasteiger partial charge in [-0.05, 0) is 0 Å². The molecule has 0 heterocycles. The minimum atomic E-state index is -3.14. The SMILES string of the molecule is COC(=O)C(=C=O)P(=O)(C(C)C)C(C)(C)C. The fourth-order valence-corrected chi connectivity index (χ4v) is 4.94. The van der Waals surface area contributed by atoms with Crippen LogP contribution in [0.4, 0.5) is 0 Å². The molecule has 0 aliphatic heterocycles. The number of methoxy groups -OCH3 is 1. The van der Waals surface area contributed by atoms with Gasteiger partial charge in [-0.15, -0.1) is 0 Å². The van der Waals surface area contributed by atoms with Crippen LogP contribution in [0.25, 0.3) is 0 Å². The summed E-state index contributed by atoms with van der Waals surface area (Å²) in [6, 6.07) is 0. The van der Waals surface area contributed by atoms with Crippen LogP contribution in [0.2, 0.25) is 0 Å². The van der Waals surface area contributed by atoms with Crippen LogP contribution in [0.5, 0.6) is 0 Å². The summed E-state index contributed by atoms with van der Waals surface area (Å²) < 4.78 is 17.3. The first-order chi connectivity index (χ1) is 7.12. The van der Waals surface area contributed by atoms with Crippen molar-refractivity contribution in [2.45, 2.75) is 45.4 Å². The zero-order valence-corrected chi connectivity index (χ0v) is 11.6. The maximum atomic E-state index is 12.9. The summed E-state index contributed by atoms with van der Waals surface area (Å²) in [4.78, 5) is 22.3. The normalized spacial score (nSPS) is 15.2. The van der Waals surface area contributed by atoms with Crippen molar-refractivity contribution in [3.05, 3.63) is 5.31 Å². The fourth-order valence-electron chi connectivity index (χ4n) is 1.71. The number of hydrogen-bond acceptors (Lipinski definition) is 4. The standard InChI is InChI=1S/C11H19O4P/c1-8(2)16(14,11(3,4)5)9(7-12)10(13)15-6/h8H,1-6H3. The fraction of sp³-hybridized carbons (Fsp3) is 0.727. The smallest absolute Gasteiger partial charge is 0.352 e. The molecular formula is C11H19O4P. The highest BCUT2D eigenvalue weighted by molar-refractivity contribution is 7.71. The molecule has 0 radical (unpaired) electrons. The van der Waals surface area contributed by atoms with Crippen LogP contribution in [0, 0.1) is 0 Å². The summed E-state index contributed by atoms with van der Waals surface area (Å²) in [5, 5.41) is -1.01. The third-order valence-corrected chi connectivity index (χ3v) is 6.92. The highest BCUT2D eigenvalue weighted by Crippen LogP contribution is 2.66. The Morgan fingerprint density at radius 3 is 1.94 bits per heavy atom. The van der Waals surface area contributed by atoms with E-state index in [0.717, 1.165) is 7.11 Å². The first-order valence-corrected chi connectivity index (χ1v) is 6.84. The Labute approximate surface area is 96.4 Å². The highest BCUT2D eigenvalue weighted by Gasteiger charge is 2.46. The van der Waals surface area contributed by atoms with Crippen molar-refractivity contribution in [3.8, 4) is 0 Å². The first kappa shape index (κ1) is 15.2. The van der Waals surface area contributed by atoms with Gasteiger partial charge in [0.05, 0.1) is 7.11 Å². The van der Waals surface area contributed by atoms with E-state index in [2.05, 4.69) is 4.74 Å². The van der Waals surface area contributed by atoms with Gasteiger partial charge in [-0.3, -0.25) is 0 Å². The van der Waals surface area contributed by atoms with Crippen molar-refractivity contribution in [1.29, 1.82) is 0 Å². The van der Waals surface area contributed by atoms with E-state index in [-0.39, 0.29) is 11.0 Å². The second-order valence-corrected chi connectivity index (χ2v) is 9.00. The molecule has 1 atom stereocenters. The zero-order valence-electron chi connectivity index (χ0n) is 10.7. The number of carbonyl (C=O) groups is 1. The molecule has 0 aromatic heterocycles. The van der Waals surface area contributed by atoms with Crippen molar-refractivity contribution in [2.24, 2.45) is 0 Å². The van der Waals surface area contributed by atoms with Gasteiger partial charge in [0.1, 0.15) is 13.1 Å². The van der Waals surface area contributed by atoms with E-state index >= 15 is 0 Å². The number of carbonyl (C=O) groups excluding carboxylic acids is 2. The Morgan fingerprint density at radius 1 is 1.31 bits per heavy atom. The average Bonchev–Trinajstić information content (AvgIpc) is 2.16. The van der Waals surface area contributed by atoms with Gasteiger partial charge in [0.2, 0.25) is 0 Å². The average molecular weight is 246 g/mol. The molecule has 0 amide bonds. The molecule has 5 heteroatoms. The van der Waals surface area contributed by atoms with E-state index < -0.39 is 18.3 Å². The lowest BCUT2D eigenvalue weighted by Gasteiger charge is -2.33. The molecule has 0 N–H and O–H groups in total. The molecule has 0 aromatic rings. The van der Waals surface area contributed by atoms with Crippen LogP contribution in [0.15, 0.2) is 5.31 Å². The maximum absolute atomic E-state index is 12.9. The number of rotatable bonds is 3. The van der Waals surface area contributed by atoms with Crippen molar-refractivity contribution < 1.29 is 18.9 Å². The van der Waals surface area contributed by atoms with Crippen LogP contribution < -0.4 is 0 Å². The quantitative estimate of drug-likeness (QED) is 0.332. The lowest BCUT2D eigenvalue weighted by molar-refractivity contribution is -0.135. The van der Waals surface area contributed by atoms with Gasteiger partial charge in [0.15, 0.2) is 5.31 Å². The van der Waals surface area contributed by atoms with Crippen LogP contribution in [0.1, 0.15) is 34.6 Å². The molecule has 0 rings (SSSR count).